The zero-order valence-corrected chi connectivity index (χ0v) is 13.8. The Morgan fingerprint density at radius 1 is 1.17 bits per heavy atom. The molecule has 0 aliphatic heterocycles. The number of nitrogens with zero attached hydrogens (tertiary/aromatic N) is 2. The number of aromatic nitrogens is 2. The lowest BCUT2D eigenvalue weighted by molar-refractivity contribution is -0.137. The summed E-state index contributed by atoms with van der Waals surface area (Å²) in [7, 11) is 0. The molecular weight excluding hydrogens is 294 g/mol. The van der Waals surface area contributed by atoms with Crippen molar-refractivity contribution in [2.45, 2.75) is 40.2 Å². The van der Waals surface area contributed by atoms with Crippen molar-refractivity contribution in [2.75, 3.05) is 0 Å². The fourth-order valence-corrected chi connectivity index (χ4v) is 2.53. The van der Waals surface area contributed by atoms with E-state index in [1.165, 1.54) is 0 Å². The van der Waals surface area contributed by atoms with Gasteiger partial charge in [-0.3, -0.25) is 9.59 Å². The van der Waals surface area contributed by atoms with Crippen LogP contribution in [0.25, 0.3) is 5.69 Å². The van der Waals surface area contributed by atoms with Gasteiger partial charge in [-0.25, -0.2) is 4.68 Å². The van der Waals surface area contributed by atoms with Gasteiger partial charge in [0.15, 0.2) is 5.69 Å². The van der Waals surface area contributed by atoms with Crippen LogP contribution < -0.4 is 5.32 Å². The molecule has 1 aromatic carbocycles. The second-order valence-corrected chi connectivity index (χ2v) is 5.90. The normalized spacial score (nSPS) is 12.0. The number of carbonyl (C=O) groups is 2. The number of rotatable bonds is 5. The van der Waals surface area contributed by atoms with Crippen molar-refractivity contribution in [1.29, 1.82) is 0 Å². The molecule has 23 heavy (non-hydrogen) atoms. The van der Waals surface area contributed by atoms with Gasteiger partial charge in [-0.05, 0) is 57.0 Å². The fraction of sp³-hybridized carbons (Fsp3) is 0.353. The van der Waals surface area contributed by atoms with E-state index in [0.29, 0.717) is 0 Å². The summed E-state index contributed by atoms with van der Waals surface area (Å²) in [6.07, 6.45) is -0.123. The SMILES string of the molecule is Cc1cc(C)cc(-n2nc(C(=O)NC(C)CC(=O)O)cc2C)c1. The fourth-order valence-electron chi connectivity index (χ4n) is 2.53. The van der Waals surface area contributed by atoms with E-state index in [1.54, 1.807) is 17.7 Å². The van der Waals surface area contributed by atoms with Crippen LogP contribution in [0.3, 0.4) is 0 Å². The van der Waals surface area contributed by atoms with E-state index in [9.17, 15) is 9.59 Å². The number of aryl methyl sites for hydroxylation is 3. The smallest absolute Gasteiger partial charge is 0.305 e. The Morgan fingerprint density at radius 3 is 2.35 bits per heavy atom. The summed E-state index contributed by atoms with van der Waals surface area (Å²) in [6.45, 7) is 7.55. The van der Waals surface area contributed by atoms with Crippen LogP contribution >= 0.6 is 0 Å². The Labute approximate surface area is 135 Å². The Kier molecular flexibility index (Phi) is 4.83. The Bertz CT molecular complexity index is 729. The average Bonchev–Trinajstić information content (AvgIpc) is 2.78. The molecule has 1 unspecified atom stereocenters. The van der Waals surface area contributed by atoms with Gasteiger partial charge in [-0.15, -0.1) is 0 Å². The standard InChI is InChI=1S/C17H21N3O3/c1-10-5-11(2)7-14(6-10)20-13(4)9-15(19-20)17(23)18-12(3)8-16(21)22/h5-7,9,12H,8H2,1-4H3,(H,18,23)(H,21,22). The van der Waals surface area contributed by atoms with Crippen molar-refractivity contribution >= 4 is 11.9 Å². The second kappa shape index (κ2) is 6.64. The first kappa shape index (κ1) is 16.7. The molecule has 2 N–H and O–H groups in total. The van der Waals surface area contributed by atoms with E-state index < -0.39 is 12.0 Å². The minimum Gasteiger partial charge on any atom is -0.481 e. The molecule has 2 aromatic rings. The lowest BCUT2D eigenvalue weighted by Crippen LogP contribution is -2.34. The number of hydrogen-bond donors (Lipinski definition) is 2. The number of carbonyl (C=O) groups excluding carboxylic acids is 1. The highest BCUT2D eigenvalue weighted by Crippen LogP contribution is 2.16. The molecule has 0 saturated carbocycles. The maximum absolute atomic E-state index is 12.2. The zero-order valence-electron chi connectivity index (χ0n) is 13.8. The number of amides is 1. The zero-order chi connectivity index (χ0) is 17.1. The molecule has 2 rings (SSSR count). The molecule has 1 amide bonds. The van der Waals surface area contributed by atoms with E-state index in [0.717, 1.165) is 22.5 Å². The van der Waals surface area contributed by atoms with Crippen molar-refractivity contribution in [3.05, 3.63) is 46.8 Å². The Balaban J connectivity index is 2.23. The topological polar surface area (TPSA) is 84.2 Å². The molecule has 0 spiro atoms. The number of hydrogen-bond acceptors (Lipinski definition) is 3. The van der Waals surface area contributed by atoms with Crippen LogP contribution in [0.15, 0.2) is 24.3 Å². The van der Waals surface area contributed by atoms with Crippen molar-refractivity contribution in [3.63, 3.8) is 0 Å². The maximum Gasteiger partial charge on any atom is 0.305 e. The first-order chi connectivity index (χ1) is 10.8. The predicted octanol–water partition coefficient (Wildman–Crippen LogP) is 2.39. The van der Waals surface area contributed by atoms with Crippen LogP contribution in [0.1, 0.15) is 40.7 Å². The largest absolute Gasteiger partial charge is 0.481 e. The summed E-state index contributed by atoms with van der Waals surface area (Å²) in [5.41, 5.74) is 4.26. The van der Waals surface area contributed by atoms with Gasteiger partial charge >= 0.3 is 5.97 Å². The number of benzene rings is 1. The summed E-state index contributed by atoms with van der Waals surface area (Å²) >= 11 is 0. The van der Waals surface area contributed by atoms with E-state index in [-0.39, 0.29) is 18.0 Å². The van der Waals surface area contributed by atoms with Gasteiger partial charge < -0.3 is 10.4 Å². The van der Waals surface area contributed by atoms with Crippen LogP contribution in [-0.2, 0) is 4.79 Å². The van der Waals surface area contributed by atoms with E-state index in [1.807, 2.05) is 32.9 Å². The summed E-state index contributed by atoms with van der Waals surface area (Å²) in [4.78, 5) is 22.9. The van der Waals surface area contributed by atoms with E-state index in [4.69, 9.17) is 5.11 Å². The van der Waals surface area contributed by atoms with E-state index in [2.05, 4.69) is 16.5 Å². The van der Waals surface area contributed by atoms with Gasteiger partial charge in [0.25, 0.3) is 5.91 Å². The molecule has 0 aliphatic rings. The molecule has 0 radical (unpaired) electrons. The summed E-state index contributed by atoms with van der Waals surface area (Å²) in [5.74, 6) is -1.32. The first-order valence-corrected chi connectivity index (χ1v) is 7.44. The van der Waals surface area contributed by atoms with E-state index >= 15 is 0 Å². The minimum atomic E-state index is -0.949. The molecule has 1 aromatic heterocycles. The Morgan fingerprint density at radius 2 is 1.78 bits per heavy atom. The van der Waals surface area contributed by atoms with Gasteiger partial charge in [0.05, 0.1) is 12.1 Å². The summed E-state index contributed by atoms with van der Waals surface area (Å²) in [6, 6.07) is 7.32. The van der Waals surface area contributed by atoms with Gasteiger partial charge in [0, 0.05) is 11.7 Å². The van der Waals surface area contributed by atoms with Gasteiger partial charge in [-0.2, -0.15) is 5.10 Å². The number of carboxylic acid groups (broad SMARTS) is 1. The van der Waals surface area contributed by atoms with Gasteiger partial charge in [0.1, 0.15) is 0 Å². The second-order valence-electron chi connectivity index (χ2n) is 5.90. The molecule has 0 bridgehead atoms. The number of aliphatic carboxylic acids is 1. The van der Waals surface area contributed by atoms with Crippen molar-refractivity contribution < 1.29 is 14.7 Å². The predicted molar refractivity (Wildman–Crippen MR) is 87.0 cm³/mol. The van der Waals surface area contributed by atoms with Crippen LogP contribution in [-0.4, -0.2) is 32.8 Å². The van der Waals surface area contributed by atoms with Crippen LogP contribution in [0.2, 0.25) is 0 Å². The molecule has 0 saturated heterocycles. The molecule has 6 nitrogen and oxygen atoms in total. The highest BCUT2D eigenvalue weighted by atomic mass is 16.4. The molecule has 1 atom stereocenters. The first-order valence-electron chi connectivity index (χ1n) is 7.44. The maximum atomic E-state index is 12.2. The molecular formula is C17H21N3O3. The van der Waals surface area contributed by atoms with Crippen molar-refractivity contribution in [3.8, 4) is 5.69 Å². The molecule has 6 heteroatoms. The average molecular weight is 315 g/mol. The number of nitrogens with one attached hydrogen (secondary N) is 1. The third-order valence-electron chi connectivity index (χ3n) is 3.43. The molecule has 0 aliphatic carbocycles. The van der Waals surface area contributed by atoms with Gasteiger partial charge in [-0.1, -0.05) is 6.07 Å². The molecule has 122 valence electrons. The highest BCUT2D eigenvalue weighted by Gasteiger charge is 2.17. The third kappa shape index (κ3) is 4.18. The van der Waals surface area contributed by atoms with Crippen LogP contribution in [0.5, 0.6) is 0 Å². The summed E-state index contributed by atoms with van der Waals surface area (Å²) in [5, 5.41) is 15.7. The lowest BCUT2D eigenvalue weighted by atomic mass is 10.1. The molecule has 1 heterocycles. The van der Waals surface area contributed by atoms with Crippen molar-refractivity contribution in [1.82, 2.24) is 15.1 Å². The Hall–Kier alpha value is -2.63. The molecule has 0 fully saturated rings. The lowest BCUT2D eigenvalue weighted by Gasteiger charge is -2.10. The highest BCUT2D eigenvalue weighted by molar-refractivity contribution is 5.92. The van der Waals surface area contributed by atoms with Crippen molar-refractivity contribution in [2.24, 2.45) is 0 Å². The van der Waals surface area contributed by atoms with Gasteiger partial charge in [0.2, 0.25) is 0 Å². The summed E-state index contributed by atoms with van der Waals surface area (Å²) < 4.78 is 1.72. The monoisotopic (exact) mass is 315 g/mol. The quantitative estimate of drug-likeness (QED) is 0.887. The number of carboxylic acids is 1. The van der Waals surface area contributed by atoms with Crippen LogP contribution in [0.4, 0.5) is 0 Å². The minimum absolute atomic E-state index is 0.123. The third-order valence-corrected chi connectivity index (χ3v) is 3.43. The van der Waals surface area contributed by atoms with Crippen LogP contribution in [0, 0.1) is 20.8 Å².